The van der Waals surface area contributed by atoms with Crippen molar-refractivity contribution in [3.8, 4) is 5.75 Å². The smallest absolute Gasteiger partial charge is 0.228 e. The van der Waals surface area contributed by atoms with Gasteiger partial charge in [0, 0.05) is 33.3 Å². The van der Waals surface area contributed by atoms with Crippen molar-refractivity contribution in [1.82, 2.24) is 0 Å². The Morgan fingerprint density at radius 3 is 2.39 bits per heavy atom. The van der Waals surface area contributed by atoms with Gasteiger partial charge in [0.25, 0.3) is 0 Å². The molecule has 0 aliphatic rings. The summed E-state index contributed by atoms with van der Waals surface area (Å²) in [5.74, 6) is 0.603. The third-order valence-corrected chi connectivity index (χ3v) is 5.31. The van der Waals surface area contributed by atoms with E-state index in [9.17, 15) is 9.59 Å². The van der Waals surface area contributed by atoms with E-state index in [1.165, 1.54) is 0 Å². The van der Waals surface area contributed by atoms with Gasteiger partial charge in [-0.05, 0) is 61.0 Å². The maximum absolute atomic E-state index is 12.9. The van der Waals surface area contributed by atoms with Crippen LogP contribution >= 0.6 is 11.6 Å². The molecule has 156 valence electrons. The first-order valence-electron chi connectivity index (χ1n) is 9.71. The molecule has 0 unspecified atom stereocenters. The first-order valence-corrected chi connectivity index (χ1v) is 10.1. The summed E-state index contributed by atoms with van der Waals surface area (Å²) in [5.41, 5.74) is 3.28. The van der Waals surface area contributed by atoms with Crippen LogP contribution in [0, 0.1) is 6.92 Å². The molecule has 0 fully saturated rings. The number of carbonyl (C=O) groups is 2. The van der Waals surface area contributed by atoms with Gasteiger partial charge in [0.05, 0.1) is 13.5 Å². The number of nitrogens with one attached hydrogen (secondary N) is 1. The Bertz CT molecular complexity index is 1260. The van der Waals surface area contributed by atoms with E-state index in [2.05, 4.69) is 5.32 Å². The minimum Gasteiger partial charge on any atom is -0.497 e. The van der Waals surface area contributed by atoms with Crippen molar-refractivity contribution in [2.24, 2.45) is 0 Å². The number of amides is 1. The number of ether oxygens (including phenoxy) is 1. The zero-order valence-corrected chi connectivity index (χ0v) is 17.8. The predicted octanol–water partition coefficient (Wildman–Crippen LogP) is 5.82. The molecule has 0 saturated heterocycles. The number of aryl methyl sites for hydroxylation is 1. The highest BCUT2D eigenvalue weighted by atomic mass is 35.5. The molecule has 1 aromatic heterocycles. The molecular formula is C25H20ClNO4. The second-order valence-electron chi connectivity index (χ2n) is 7.18. The van der Waals surface area contributed by atoms with Gasteiger partial charge in [0.1, 0.15) is 11.3 Å². The largest absolute Gasteiger partial charge is 0.497 e. The zero-order valence-electron chi connectivity index (χ0n) is 17.1. The molecule has 0 atom stereocenters. The van der Waals surface area contributed by atoms with Gasteiger partial charge in [-0.2, -0.15) is 0 Å². The molecule has 0 bridgehead atoms. The van der Waals surface area contributed by atoms with Gasteiger partial charge in [-0.25, -0.2) is 0 Å². The quantitative estimate of drug-likeness (QED) is 0.389. The summed E-state index contributed by atoms with van der Waals surface area (Å²) in [4.78, 5) is 25.3. The summed E-state index contributed by atoms with van der Waals surface area (Å²) in [6.45, 7) is 1.85. The van der Waals surface area contributed by atoms with E-state index in [0.29, 0.717) is 27.6 Å². The Kier molecular flexibility index (Phi) is 5.78. The highest BCUT2D eigenvalue weighted by Gasteiger charge is 2.20. The first kappa shape index (κ1) is 20.7. The Morgan fingerprint density at radius 2 is 1.71 bits per heavy atom. The van der Waals surface area contributed by atoms with Gasteiger partial charge < -0.3 is 14.5 Å². The van der Waals surface area contributed by atoms with Crippen LogP contribution in [0.3, 0.4) is 0 Å². The Hall–Kier alpha value is -3.57. The third kappa shape index (κ3) is 4.47. The zero-order chi connectivity index (χ0) is 22.0. The molecule has 6 heteroatoms. The van der Waals surface area contributed by atoms with E-state index >= 15 is 0 Å². The molecule has 0 saturated carbocycles. The average Bonchev–Trinajstić information content (AvgIpc) is 3.10. The predicted molar refractivity (Wildman–Crippen MR) is 121 cm³/mol. The summed E-state index contributed by atoms with van der Waals surface area (Å²) in [7, 11) is 1.58. The molecule has 31 heavy (non-hydrogen) atoms. The fraction of sp³-hybridized carbons (Fsp3) is 0.120. The summed E-state index contributed by atoms with van der Waals surface area (Å²) in [6.07, 6.45) is 0.230. The number of ketones is 1. The van der Waals surface area contributed by atoms with Crippen molar-refractivity contribution in [3.05, 3.63) is 94.2 Å². The van der Waals surface area contributed by atoms with E-state index in [0.717, 1.165) is 16.5 Å². The van der Waals surface area contributed by atoms with Crippen LogP contribution < -0.4 is 10.1 Å². The van der Waals surface area contributed by atoms with Gasteiger partial charge in [0.2, 0.25) is 11.7 Å². The fourth-order valence-corrected chi connectivity index (χ4v) is 3.51. The van der Waals surface area contributed by atoms with Crippen LogP contribution in [0.5, 0.6) is 5.75 Å². The van der Waals surface area contributed by atoms with Crippen molar-refractivity contribution in [3.63, 3.8) is 0 Å². The Morgan fingerprint density at radius 1 is 1.00 bits per heavy atom. The van der Waals surface area contributed by atoms with Gasteiger partial charge in [-0.1, -0.05) is 23.7 Å². The molecule has 5 nitrogen and oxygen atoms in total. The van der Waals surface area contributed by atoms with Crippen LogP contribution in [-0.2, 0) is 11.2 Å². The number of halogens is 1. The third-order valence-electron chi connectivity index (χ3n) is 5.06. The highest BCUT2D eigenvalue weighted by Crippen LogP contribution is 2.29. The van der Waals surface area contributed by atoms with E-state index in [-0.39, 0.29) is 23.9 Å². The van der Waals surface area contributed by atoms with Crippen molar-refractivity contribution < 1.29 is 18.7 Å². The monoisotopic (exact) mass is 433 g/mol. The summed E-state index contributed by atoms with van der Waals surface area (Å²) >= 11 is 5.88. The second-order valence-corrected chi connectivity index (χ2v) is 7.61. The lowest BCUT2D eigenvalue weighted by Gasteiger charge is -2.05. The molecule has 1 heterocycles. The lowest BCUT2D eigenvalue weighted by atomic mass is 10.0. The fourth-order valence-electron chi connectivity index (χ4n) is 3.39. The van der Waals surface area contributed by atoms with Crippen LogP contribution in [-0.4, -0.2) is 18.8 Å². The normalized spacial score (nSPS) is 10.8. The number of rotatable bonds is 6. The number of furan rings is 1. The van der Waals surface area contributed by atoms with E-state index < -0.39 is 0 Å². The number of fused-ring (bicyclic) bond motifs is 1. The molecule has 1 amide bonds. The molecular weight excluding hydrogens is 414 g/mol. The molecule has 0 spiro atoms. The maximum Gasteiger partial charge on any atom is 0.228 e. The van der Waals surface area contributed by atoms with Crippen molar-refractivity contribution in [1.29, 1.82) is 0 Å². The highest BCUT2D eigenvalue weighted by molar-refractivity contribution is 6.30. The Labute approximate surface area is 184 Å². The van der Waals surface area contributed by atoms with E-state index in [4.69, 9.17) is 20.8 Å². The minimum absolute atomic E-state index is 0.153. The van der Waals surface area contributed by atoms with Crippen LogP contribution in [0.4, 0.5) is 5.69 Å². The van der Waals surface area contributed by atoms with E-state index in [1.54, 1.807) is 55.6 Å². The molecule has 4 aromatic rings. The number of anilines is 1. The van der Waals surface area contributed by atoms with Crippen LogP contribution in [0.2, 0.25) is 5.02 Å². The molecule has 0 aliphatic carbocycles. The van der Waals surface area contributed by atoms with Crippen molar-refractivity contribution in [2.75, 3.05) is 12.4 Å². The number of hydrogen-bond donors (Lipinski definition) is 1. The second kappa shape index (κ2) is 8.66. The summed E-state index contributed by atoms with van der Waals surface area (Å²) in [5, 5.41) is 4.32. The van der Waals surface area contributed by atoms with Crippen LogP contribution in [0.25, 0.3) is 11.0 Å². The van der Waals surface area contributed by atoms with Crippen molar-refractivity contribution >= 4 is 39.9 Å². The average molecular weight is 434 g/mol. The number of hydrogen-bond acceptors (Lipinski definition) is 4. The minimum atomic E-state index is -0.204. The van der Waals surface area contributed by atoms with E-state index in [1.807, 2.05) is 25.1 Å². The standard InChI is InChI=1S/C25H20ClNO4/c1-15-21-12-9-19(27-23(28)13-16-3-7-18(26)8-4-16)14-22(21)31-25(15)24(29)17-5-10-20(30-2)11-6-17/h3-12,14H,13H2,1-2H3,(H,27,28). The van der Waals surface area contributed by atoms with Gasteiger partial charge >= 0.3 is 0 Å². The van der Waals surface area contributed by atoms with Crippen molar-refractivity contribution in [2.45, 2.75) is 13.3 Å². The summed E-state index contributed by atoms with van der Waals surface area (Å²) < 4.78 is 11.0. The SMILES string of the molecule is COc1ccc(C(=O)c2oc3cc(NC(=O)Cc4ccc(Cl)cc4)ccc3c2C)cc1. The summed E-state index contributed by atoms with van der Waals surface area (Å²) in [6, 6.07) is 19.4. The molecule has 3 aromatic carbocycles. The maximum atomic E-state index is 12.9. The topological polar surface area (TPSA) is 68.5 Å². The lowest BCUT2D eigenvalue weighted by Crippen LogP contribution is -2.14. The van der Waals surface area contributed by atoms with Gasteiger partial charge in [-0.15, -0.1) is 0 Å². The lowest BCUT2D eigenvalue weighted by molar-refractivity contribution is -0.115. The molecule has 0 radical (unpaired) electrons. The van der Waals surface area contributed by atoms with Crippen LogP contribution in [0.1, 0.15) is 27.2 Å². The molecule has 1 N–H and O–H groups in total. The van der Waals surface area contributed by atoms with Gasteiger partial charge in [-0.3, -0.25) is 9.59 Å². The van der Waals surface area contributed by atoms with Gasteiger partial charge in [0.15, 0.2) is 5.76 Å². The Balaban J connectivity index is 1.54. The van der Waals surface area contributed by atoms with Crippen LogP contribution in [0.15, 0.2) is 71.1 Å². The number of benzene rings is 3. The number of carbonyl (C=O) groups excluding carboxylic acids is 2. The first-order chi connectivity index (χ1) is 14.9. The number of methoxy groups -OCH3 is 1. The molecule has 0 aliphatic heterocycles. The molecule has 4 rings (SSSR count).